The second kappa shape index (κ2) is 36.8. The molecule has 0 unspecified atom stereocenters. The Morgan fingerprint density at radius 1 is 0.926 bits per heavy atom. The number of hydrogen-bond donors (Lipinski definition) is 4. The van der Waals surface area contributed by atoms with Crippen LogP contribution in [0.4, 0.5) is 5.69 Å². The number of nitrogens with one attached hydrogen (secondary N) is 1. The number of nitrogens with two attached hydrogens (primary N) is 1. The van der Waals surface area contributed by atoms with Crippen LogP contribution in [0.15, 0.2) is 102 Å². The van der Waals surface area contributed by atoms with Gasteiger partial charge in [0.2, 0.25) is 11.8 Å². The number of aliphatic hydroxyl groups excluding tert-OH is 1. The molecule has 0 spiro atoms. The van der Waals surface area contributed by atoms with Gasteiger partial charge in [0.1, 0.15) is 0 Å². The number of pyridine rings is 2. The second-order valence-corrected chi connectivity index (χ2v) is 16.7. The molecule has 362 valence electrons. The summed E-state index contributed by atoms with van der Waals surface area (Å²) in [5.74, 6) is 7.43. The molecule has 16 heteroatoms. The number of thioether (sulfide) groups is 1. The summed E-state index contributed by atoms with van der Waals surface area (Å²) < 4.78 is 17.7. The average molecular weight is 992 g/mol. The largest absolute Gasteiger partial charge is 1.00 e. The number of rotatable bonds is 31. The van der Waals surface area contributed by atoms with Crippen LogP contribution in [0.1, 0.15) is 67.6 Å². The number of allylic oxidation sites excluding steroid dienone is 2. The summed E-state index contributed by atoms with van der Waals surface area (Å²) in [5.41, 5.74) is 12.5. The fourth-order valence-corrected chi connectivity index (χ4v) is 7.88. The molecule has 2 amide bonds. The van der Waals surface area contributed by atoms with Gasteiger partial charge >= 0.3 is 51.4 Å². The van der Waals surface area contributed by atoms with Crippen molar-refractivity contribution >= 4 is 47.6 Å². The van der Waals surface area contributed by atoms with Crippen LogP contribution in [-0.4, -0.2) is 134 Å². The maximum atomic E-state index is 13.4. The zero-order valence-corrected chi connectivity index (χ0v) is 45.0. The fourth-order valence-electron chi connectivity index (χ4n) is 7.16. The molecule has 1 aliphatic heterocycles. The van der Waals surface area contributed by atoms with E-state index in [-0.39, 0.29) is 82.6 Å². The van der Waals surface area contributed by atoms with Crippen molar-refractivity contribution in [3.05, 3.63) is 131 Å². The summed E-state index contributed by atoms with van der Waals surface area (Å²) in [4.78, 5) is 41.1. The van der Waals surface area contributed by atoms with Gasteiger partial charge in [-0.15, -0.1) is 11.8 Å². The molecule has 0 atom stereocenters. The van der Waals surface area contributed by atoms with Crippen molar-refractivity contribution in [3.8, 4) is 11.8 Å². The number of amides is 2. The first-order valence-corrected chi connectivity index (χ1v) is 25.1. The Morgan fingerprint density at radius 3 is 2.41 bits per heavy atom. The number of aromatic nitrogens is 2. The van der Waals surface area contributed by atoms with Gasteiger partial charge in [-0.1, -0.05) is 73.2 Å². The molecule has 3 heterocycles. The Morgan fingerprint density at radius 2 is 1.66 bits per heavy atom. The standard InChI is InChI=1S/C51H66N7O6S.CH4S.K/c1-42(52)48-18-11-17-47(55-48)41-56(26-30-59)27-33-63-35-36-64-34-29-57(40-46-16-7-9-24-53-46)28-32-62-31-12-38-65-37-10-2-8-25-54-50(60)22-23-51(61)58-39-45-15-4-3-13-43(45)20-21-44-14-5-6-19-49(44)58;1-2;/h4-7,9,11-12,14-19,38,59H,1-3,8,10,13,22-23,25-37,39-41,52H2,(H,54,60);2H,1H3;/q-1;;+1/b38-12-;;. The monoisotopic (exact) mass is 991 g/mol. The van der Waals surface area contributed by atoms with Gasteiger partial charge in [0.25, 0.3) is 0 Å². The van der Waals surface area contributed by atoms with Crippen LogP contribution in [0.2, 0.25) is 0 Å². The van der Waals surface area contributed by atoms with Crippen molar-refractivity contribution < 1.29 is 80.3 Å². The Kier molecular flexibility index (Phi) is 32.0. The van der Waals surface area contributed by atoms with Crippen LogP contribution >= 0.6 is 24.4 Å². The molecule has 5 rings (SSSR count). The van der Waals surface area contributed by atoms with E-state index in [0.717, 1.165) is 84.7 Å². The number of unbranched alkanes of at least 4 members (excludes halogenated alkanes) is 2. The number of thiol groups is 1. The summed E-state index contributed by atoms with van der Waals surface area (Å²) >= 11 is 5.29. The van der Waals surface area contributed by atoms with Gasteiger partial charge in [-0.3, -0.25) is 14.5 Å². The molecule has 13 nitrogen and oxygen atoms in total. The smallest absolute Gasteiger partial charge is 0.397 e. The SMILES string of the molecule is C=C(N)c1cccc(CN(CCO)CCOCCOCCN(CCOC/C=C\SCCCCCNC(=O)CCC(=O)N2CC3=C(C#Cc4ccccc42)CCC=C3)Cc2ccc[c-]n2)n1.CS.[K+]. The molecule has 1 aromatic carbocycles. The molecule has 2 aromatic heterocycles. The summed E-state index contributed by atoms with van der Waals surface area (Å²) in [7, 11) is 0. The number of hydrogen-bond acceptors (Lipinski definition) is 13. The molecule has 1 aliphatic carbocycles. The topological polar surface area (TPSA) is 156 Å². The van der Waals surface area contributed by atoms with Crippen LogP contribution < -0.4 is 67.3 Å². The van der Waals surface area contributed by atoms with Crippen molar-refractivity contribution in [2.45, 2.75) is 58.0 Å². The van der Waals surface area contributed by atoms with E-state index >= 15 is 0 Å². The zero-order chi connectivity index (χ0) is 47.7. The number of carbonyl (C=O) groups excluding carboxylic acids is 2. The van der Waals surface area contributed by atoms with Gasteiger partial charge in [-0.25, -0.2) is 4.98 Å². The first-order chi connectivity index (χ1) is 32.9. The molecule has 4 N–H and O–H groups in total. The minimum Gasteiger partial charge on any atom is -0.397 e. The van der Waals surface area contributed by atoms with E-state index in [1.165, 1.54) is 0 Å². The predicted octanol–water partition coefficient (Wildman–Crippen LogP) is 3.46. The van der Waals surface area contributed by atoms with Crippen LogP contribution in [0.5, 0.6) is 0 Å². The number of benzene rings is 1. The molecular formula is C52H70KN7O6S2. The van der Waals surface area contributed by atoms with Crippen molar-refractivity contribution in [2.75, 3.05) is 102 Å². The number of carbonyl (C=O) groups is 2. The average Bonchev–Trinajstić information content (AvgIpc) is 3.34. The third kappa shape index (κ3) is 23.7. The van der Waals surface area contributed by atoms with E-state index in [0.29, 0.717) is 90.3 Å². The quantitative estimate of drug-likeness (QED) is 0.0246. The summed E-state index contributed by atoms with van der Waals surface area (Å²) in [6.45, 7) is 11.9. The molecule has 68 heavy (non-hydrogen) atoms. The number of nitrogens with zero attached hydrogens (tertiary/aromatic N) is 5. The molecule has 0 fully saturated rings. The van der Waals surface area contributed by atoms with Gasteiger partial charge in [0.05, 0.1) is 75.6 Å². The Hall–Kier alpha value is -3.12. The van der Waals surface area contributed by atoms with Gasteiger partial charge < -0.3 is 45.2 Å². The van der Waals surface area contributed by atoms with E-state index in [9.17, 15) is 14.7 Å². The second-order valence-electron chi connectivity index (χ2n) is 15.7. The number of anilines is 1. The van der Waals surface area contributed by atoms with E-state index < -0.39 is 0 Å². The van der Waals surface area contributed by atoms with Crippen molar-refractivity contribution in [3.63, 3.8) is 0 Å². The Labute approximate surface area is 457 Å². The minimum absolute atomic E-state index is 0. The molecule has 0 saturated carbocycles. The van der Waals surface area contributed by atoms with Crippen LogP contribution in [-0.2, 0) is 36.9 Å². The summed E-state index contributed by atoms with van der Waals surface area (Å²) in [6.07, 6.45) is 16.0. The van der Waals surface area contributed by atoms with Crippen LogP contribution in [0, 0.1) is 18.0 Å². The summed E-state index contributed by atoms with van der Waals surface area (Å²) in [6, 6.07) is 19.2. The van der Waals surface area contributed by atoms with E-state index in [1.807, 2.05) is 60.7 Å². The van der Waals surface area contributed by atoms with Gasteiger partial charge in [0, 0.05) is 63.2 Å². The Balaban J connectivity index is 0.00000403. The number of para-hydroxylation sites is 1. The maximum absolute atomic E-state index is 13.4. The molecular weight excluding hydrogens is 922 g/mol. The molecule has 0 radical (unpaired) electrons. The van der Waals surface area contributed by atoms with E-state index in [2.05, 4.69) is 79.9 Å². The number of aliphatic hydroxyl groups is 1. The first-order valence-electron chi connectivity index (χ1n) is 23.2. The third-order valence-corrected chi connectivity index (χ3v) is 11.6. The van der Waals surface area contributed by atoms with Crippen molar-refractivity contribution in [2.24, 2.45) is 5.73 Å². The number of ether oxygens (including phenoxy) is 3. The van der Waals surface area contributed by atoms with Gasteiger partial charge in [-0.05, 0) is 79.5 Å². The van der Waals surface area contributed by atoms with Gasteiger partial charge in [-0.2, -0.15) is 30.8 Å². The molecule has 2 aliphatic rings. The van der Waals surface area contributed by atoms with Crippen molar-refractivity contribution in [1.29, 1.82) is 0 Å². The summed E-state index contributed by atoms with van der Waals surface area (Å²) in [5, 5.41) is 14.6. The van der Waals surface area contributed by atoms with Crippen LogP contribution in [0.3, 0.4) is 0 Å². The van der Waals surface area contributed by atoms with Crippen molar-refractivity contribution in [1.82, 2.24) is 25.1 Å². The molecule has 0 bridgehead atoms. The molecule has 0 saturated heterocycles. The van der Waals surface area contributed by atoms with Gasteiger partial charge in [0.15, 0.2) is 0 Å². The third-order valence-electron chi connectivity index (χ3n) is 10.7. The zero-order valence-electron chi connectivity index (χ0n) is 40.2. The van der Waals surface area contributed by atoms with E-state index in [1.54, 1.807) is 29.0 Å². The van der Waals surface area contributed by atoms with E-state index in [4.69, 9.17) is 19.9 Å². The minimum atomic E-state index is -0.0930. The predicted molar refractivity (Wildman–Crippen MR) is 274 cm³/mol. The fraction of sp³-hybridized carbons (Fsp3) is 0.462. The maximum Gasteiger partial charge on any atom is 1.00 e. The number of fused-ring (bicyclic) bond motifs is 1. The first kappa shape index (κ1) is 59.2. The van der Waals surface area contributed by atoms with Crippen LogP contribution in [0.25, 0.3) is 5.70 Å². The normalized spacial score (nSPS) is 12.9. The molecule has 3 aromatic rings. The Bertz CT molecular complexity index is 2100.